The van der Waals surface area contributed by atoms with E-state index in [0.29, 0.717) is 17.3 Å². The van der Waals surface area contributed by atoms with Gasteiger partial charge in [-0.05, 0) is 68.9 Å². The molecule has 32 heavy (non-hydrogen) atoms. The smallest absolute Gasteiger partial charge is 0.251 e. The van der Waals surface area contributed by atoms with E-state index in [0.717, 1.165) is 48.6 Å². The maximum Gasteiger partial charge on any atom is 0.251 e. The summed E-state index contributed by atoms with van der Waals surface area (Å²) in [6.45, 7) is 0. The molecular formula is C25H26N4O2S. The van der Waals surface area contributed by atoms with Crippen LogP contribution >= 0.6 is 11.8 Å². The second kappa shape index (κ2) is 9.20. The van der Waals surface area contributed by atoms with Gasteiger partial charge in [-0.25, -0.2) is 4.98 Å². The highest BCUT2D eigenvalue weighted by atomic mass is 32.2. The lowest BCUT2D eigenvalue weighted by molar-refractivity contribution is -0.113. The van der Waals surface area contributed by atoms with Gasteiger partial charge in [0.2, 0.25) is 5.91 Å². The van der Waals surface area contributed by atoms with Crippen molar-refractivity contribution in [2.45, 2.75) is 49.7 Å². The lowest BCUT2D eigenvalue weighted by atomic mass is 10.0. The summed E-state index contributed by atoms with van der Waals surface area (Å²) in [5, 5.41) is 6.75. The van der Waals surface area contributed by atoms with E-state index in [9.17, 15) is 9.59 Å². The first-order chi connectivity index (χ1) is 15.7. The van der Waals surface area contributed by atoms with Crippen LogP contribution in [-0.2, 0) is 17.6 Å². The normalized spacial score (nSPS) is 15.1. The minimum Gasteiger partial charge on any atom is -0.349 e. The molecule has 0 unspecified atom stereocenters. The van der Waals surface area contributed by atoms with Gasteiger partial charge in [0.1, 0.15) is 0 Å². The zero-order valence-electron chi connectivity index (χ0n) is 17.8. The van der Waals surface area contributed by atoms with E-state index in [2.05, 4.69) is 27.3 Å². The van der Waals surface area contributed by atoms with Crippen LogP contribution in [0.15, 0.2) is 59.8 Å². The van der Waals surface area contributed by atoms with Crippen molar-refractivity contribution in [1.29, 1.82) is 0 Å². The van der Waals surface area contributed by atoms with E-state index < -0.39 is 0 Å². The van der Waals surface area contributed by atoms with E-state index in [1.165, 1.54) is 23.9 Å². The Morgan fingerprint density at radius 3 is 2.66 bits per heavy atom. The van der Waals surface area contributed by atoms with Crippen molar-refractivity contribution in [2.24, 2.45) is 0 Å². The van der Waals surface area contributed by atoms with Crippen LogP contribution in [0.3, 0.4) is 0 Å². The van der Waals surface area contributed by atoms with Gasteiger partial charge in [-0.15, -0.1) is 0 Å². The monoisotopic (exact) mass is 446 g/mol. The standard InChI is InChI=1S/C25H26N4O2S/c30-23(26-19-8-6-7-17(15-19)24(31)27-18-13-14-18)16-32-25-28-21-11-4-5-12-22(21)29(25)20-9-2-1-3-10-20/h1-3,6-10,15,18H,4-5,11-14,16H2,(H,26,30)(H,27,31). The van der Waals surface area contributed by atoms with Gasteiger partial charge in [-0.3, -0.25) is 14.2 Å². The van der Waals surface area contributed by atoms with Crippen LogP contribution in [0.1, 0.15) is 47.4 Å². The molecule has 0 bridgehead atoms. The number of carbonyl (C=O) groups is 2. The molecule has 0 aliphatic heterocycles. The van der Waals surface area contributed by atoms with Crippen molar-refractivity contribution in [3.63, 3.8) is 0 Å². The molecule has 1 aromatic heterocycles. The molecule has 2 amide bonds. The number of carbonyl (C=O) groups excluding carboxylic acids is 2. The summed E-state index contributed by atoms with van der Waals surface area (Å²) in [7, 11) is 0. The molecular weight excluding hydrogens is 420 g/mol. The Bertz CT molecular complexity index is 1140. The highest BCUT2D eigenvalue weighted by Crippen LogP contribution is 2.30. The van der Waals surface area contributed by atoms with Crippen molar-refractivity contribution in [2.75, 3.05) is 11.1 Å². The van der Waals surface area contributed by atoms with Gasteiger partial charge in [0.05, 0.1) is 11.4 Å². The van der Waals surface area contributed by atoms with Gasteiger partial charge < -0.3 is 10.6 Å². The van der Waals surface area contributed by atoms with Crippen molar-refractivity contribution in [1.82, 2.24) is 14.9 Å². The fourth-order valence-corrected chi connectivity index (χ4v) is 4.87. The first kappa shape index (κ1) is 20.8. The van der Waals surface area contributed by atoms with Crippen molar-refractivity contribution >= 4 is 29.3 Å². The van der Waals surface area contributed by atoms with E-state index in [1.807, 2.05) is 18.2 Å². The summed E-state index contributed by atoms with van der Waals surface area (Å²) in [5.74, 6) is 0.0464. The first-order valence-corrected chi connectivity index (χ1v) is 12.2. The summed E-state index contributed by atoms with van der Waals surface area (Å²) >= 11 is 1.45. The number of anilines is 1. The largest absolute Gasteiger partial charge is 0.349 e. The molecule has 1 saturated carbocycles. The summed E-state index contributed by atoms with van der Waals surface area (Å²) in [4.78, 5) is 29.8. The molecule has 0 atom stereocenters. The lowest BCUT2D eigenvalue weighted by Crippen LogP contribution is -2.25. The third-order valence-electron chi connectivity index (χ3n) is 5.77. The van der Waals surface area contributed by atoms with Gasteiger partial charge in [0.15, 0.2) is 5.16 Å². The molecule has 3 aromatic rings. The van der Waals surface area contributed by atoms with Gasteiger partial charge in [-0.2, -0.15) is 0 Å². The number of nitrogens with one attached hydrogen (secondary N) is 2. The predicted molar refractivity (Wildman–Crippen MR) is 126 cm³/mol. The highest BCUT2D eigenvalue weighted by Gasteiger charge is 2.24. The summed E-state index contributed by atoms with van der Waals surface area (Å²) in [5.41, 5.74) is 4.69. The Morgan fingerprint density at radius 1 is 1.03 bits per heavy atom. The van der Waals surface area contributed by atoms with E-state index in [4.69, 9.17) is 4.98 Å². The van der Waals surface area contributed by atoms with Gasteiger partial charge in [-0.1, -0.05) is 36.0 Å². The van der Waals surface area contributed by atoms with Crippen LogP contribution < -0.4 is 10.6 Å². The number of aryl methyl sites for hydroxylation is 1. The summed E-state index contributed by atoms with van der Waals surface area (Å²) < 4.78 is 2.20. The van der Waals surface area contributed by atoms with Crippen LogP contribution in [-0.4, -0.2) is 33.2 Å². The average molecular weight is 447 g/mol. The van der Waals surface area contributed by atoms with Crippen LogP contribution in [0.5, 0.6) is 0 Å². The molecule has 7 heteroatoms. The molecule has 0 spiro atoms. The van der Waals surface area contributed by atoms with E-state index >= 15 is 0 Å². The van der Waals surface area contributed by atoms with E-state index in [1.54, 1.807) is 24.3 Å². The Hall–Kier alpha value is -3.06. The number of amides is 2. The quantitative estimate of drug-likeness (QED) is 0.529. The summed E-state index contributed by atoms with van der Waals surface area (Å²) in [6.07, 6.45) is 6.42. The Labute approximate surface area is 191 Å². The number of thioether (sulfide) groups is 1. The van der Waals surface area contributed by atoms with Crippen LogP contribution in [0.25, 0.3) is 5.69 Å². The number of fused-ring (bicyclic) bond motifs is 1. The maximum absolute atomic E-state index is 12.7. The third kappa shape index (κ3) is 4.72. The SMILES string of the molecule is O=C(CSc1nc2c(n1-c1ccccc1)CCCC2)Nc1cccc(C(=O)NC2CC2)c1. The van der Waals surface area contributed by atoms with Crippen LogP contribution in [0, 0.1) is 0 Å². The number of hydrogen-bond donors (Lipinski definition) is 2. The molecule has 2 N–H and O–H groups in total. The number of hydrogen-bond acceptors (Lipinski definition) is 4. The predicted octanol–water partition coefficient (Wildman–Crippen LogP) is 4.37. The topological polar surface area (TPSA) is 76.0 Å². The minimum atomic E-state index is -0.115. The highest BCUT2D eigenvalue weighted by molar-refractivity contribution is 7.99. The Kier molecular flexibility index (Phi) is 5.99. The van der Waals surface area contributed by atoms with Crippen molar-refractivity contribution in [3.8, 4) is 5.69 Å². The number of benzene rings is 2. The molecule has 6 nitrogen and oxygen atoms in total. The van der Waals surface area contributed by atoms with Gasteiger partial charge >= 0.3 is 0 Å². The average Bonchev–Trinajstić information content (AvgIpc) is 3.55. The van der Waals surface area contributed by atoms with E-state index in [-0.39, 0.29) is 17.6 Å². The second-order valence-electron chi connectivity index (χ2n) is 8.33. The second-order valence-corrected chi connectivity index (χ2v) is 9.27. The fraction of sp³-hybridized carbons (Fsp3) is 0.320. The molecule has 2 aliphatic carbocycles. The zero-order chi connectivity index (χ0) is 21.9. The lowest BCUT2D eigenvalue weighted by Gasteiger charge is -2.15. The number of para-hydroxylation sites is 1. The molecule has 0 radical (unpaired) electrons. The van der Waals surface area contributed by atoms with Crippen molar-refractivity contribution < 1.29 is 9.59 Å². The Balaban J connectivity index is 1.27. The molecule has 5 rings (SSSR count). The fourth-order valence-electron chi connectivity index (χ4n) is 4.02. The number of nitrogens with zero attached hydrogens (tertiary/aromatic N) is 2. The molecule has 2 aliphatic rings. The van der Waals surface area contributed by atoms with Gasteiger partial charge in [0.25, 0.3) is 5.91 Å². The molecule has 1 fully saturated rings. The van der Waals surface area contributed by atoms with Crippen LogP contribution in [0.2, 0.25) is 0 Å². The number of aromatic nitrogens is 2. The molecule has 0 saturated heterocycles. The first-order valence-electron chi connectivity index (χ1n) is 11.2. The molecule has 164 valence electrons. The van der Waals surface area contributed by atoms with Gasteiger partial charge in [0, 0.05) is 28.7 Å². The Morgan fingerprint density at radius 2 is 1.84 bits per heavy atom. The maximum atomic E-state index is 12.7. The third-order valence-corrected chi connectivity index (χ3v) is 6.71. The molecule has 2 aromatic carbocycles. The minimum absolute atomic E-state index is 0.0894. The molecule has 1 heterocycles. The zero-order valence-corrected chi connectivity index (χ0v) is 18.7. The van der Waals surface area contributed by atoms with Crippen molar-refractivity contribution in [3.05, 3.63) is 71.5 Å². The van der Waals surface area contributed by atoms with Crippen LogP contribution in [0.4, 0.5) is 5.69 Å². The number of imidazole rings is 1. The summed E-state index contributed by atoms with van der Waals surface area (Å²) in [6, 6.07) is 17.6. The number of rotatable bonds is 7.